The first kappa shape index (κ1) is 14.8. The lowest BCUT2D eigenvalue weighted by atomic mass is 9.99. The third kappa shape index (κ3) is 3.37. The Kier molecular flexibility index (Phi) is 4.54. The number of rotatable bonds is 4. The largest absolute Gasteiger partial charge is 0.341 e. The highest BCUT2D eigenvalue weighted by Crippen LogP contribution is 2.27. The van der Waals surface area contributed by atoms with Gasteiger partial charge in [-0.15, -0.1) is 0 Å². The van der Waals surface area contributed by atoms with Crippen LogP contribution in [0, 0.1) is 0 Å². The summed E-state index contributed by atoms with van der Waals surface area (Å²) in [5.74, 6) is 0.511. The highest BCUT2D eigenvalue weighted by Gasteiger charge is 2.29. The zero-order valence-electron chi connectivity index (χ0n) is 12.7. The standard InChI is InChI=1S/C19H22N2O/c20-18(13-15-7-3-1-4-8-15)19(22)21-12-11-17(14-21)16-9-5-2-6-10-16/h1-10,17-18H,11-14,20H2/t17-,18+/m1/s1. The van der Waals surface area contributed by atoms with Crippen molar-refractivity contribution in [1.29, 1.82) is 0 Å². The Morgan fingerprint density at radius 1 is 1.09 bits per heavy atom. The van der Waals surface area contributed by atoms with E-state index in [2.05, 4.69) is 24.3 Å². The molecule has 1 fully saturated rings. The van der Waals surface area contributed by atoms with E-state index in [1.165, 1.54) is 5.56 Å². The first-order valence-electron chi connectivity index (χ1n) is 7.87. The normalized spacial score (nSPS) is 19.1. The molecule has 1 saturated heterocycles. The second kappa shape index (κ2) is 6.75. The summed E-state index contributed by atoms with van der Waals surface area (Å²) in [6.07, 6.45) is 1.62. The molecule has 0 unspecified atom stereocenters. The molecule has 1 heterocycles. The van der Waals surface area contributed by atoms with Gasteiger partial charge in [0.15, 0.2) is 0 Å². The number of carbonyl (C=O) groups excluding carboxylic acids is 1. The van der Waals surface area contributed by atoms with Gasteiger partial charge in [-0.3, -0.25) is 4.79 Å². The Morgan fingerprint density at radius 3 is 2.41 bits per heavy atom. The fourth-order valence-corrected chi connectivity index (χ4v) is 3.15. The summed E-state index contributed by atoms with van der Waals surface area (Å²) >= 11 is 0. The van der Waals surface area contributed by atoms with E-state index in [9.17, 15) is 4.79 Å². The minimum atomic E-state index is -0.447. The van der Waals surface area contributed by atoms with Crippen LogP contribution < -0.4 is 5.73 Å². The van der Waals surface area contributed by atoms with Gasteiger partial charge in [-0.1, -0.05) is 60.7 Å². The van der Waals surface area contributed by atoms with Gasteiger partial charge in [-0.05, 0) is 24.0 Å². The fourth-order valence-electron chi connectivity index (χ4n) is 3.15. The average molecular weight is 294 g/mol. The van der Waals surface area contributed by atoms with Gasteiger partial charge < -0.3 is 10.6 Å². The molecule has 2 aromatic rings. The van der Waals surface area contributed by atoms with Crippen molar-refractivity contribution < 1.29 is 4.79 Å². The first-order valence-corrected chi connectivity index (χ1v) is 7.87. The van der Waals surface area contributed by atoms with Crippen LogP contribution >= 0.6 is 0 Å². The number of nitrogens with two attached hydrogens (primary N) is 1. The quantitative estimate of drug-likeness (QED) is 0.942. The number of likely N-dealkylation sites (tertiary alicyclic amines) is 1. The zero-order valence-corrected chi connectivity index (χ0v) is 12.7. The predicted octanol–water partition coefficient (Wildman–Crippen LogP) is 2.57. The summed E-state index contributed by atoms with van der Waals surface area (Å²) in [5.41, 5.74) is 8.55. The molecule has 3 nitrogen and oxygen atoms in total. The molecule has 3 heteroatoms. The lowest BCUT2D eigenvalue weighted by molar-refractivity contribution is -0.131. The van der Waals surface area contributed by atoms with Gasteiger partial charge in [-0.2, -0.15) is 0 Å². The number of benzene rings is 2. The monoisotopic (exact) mass is 294 g/mol. The highest BCUT2D eigenvalue weighted by atomic mass is 16.2. The SMILES string of the molecule is N[C@@H](Cc1ccccc1)C(=O)N1CC[C@@H](c2ccccc2)C1. The van der Waals surface area contributed by atoms with Crippen LogP contribution in [-0.4, -0.2) is 29.9 Å². The van der Waals surface area contributed by atoms with Crippen molar-refractivity contribution in [2.45, 2.75) is 24.8 Å². The summed E-state index contributed by atoms with van der Waals surface area (Å²) in [7, 11) is 0. The lowest BCUT2D eigenvalue weighted by Crippen LogP contribution is -2.43. The van der Waals surface area contributed by atoms with Crippen LogP contribution in [0.25, 0.3) is 0 Å². The van der Waals surface area contributed by atoms with Crippen LogP contribution in [0.15, 0.2) is 60.7 Å². The average Bonchev–Trinajstić information content (AvgIpc) is 3.06. The molecular weight excluding hydrogens is 272 g/mol. The van der Waals surface area contributed by atoms with Crippen molar-refractivity contribution in [1.82, 2.24) is 4.90 Å². The second-order valence-corrected chi connectivity index (χ2v) is 5.98. The van der Waals surface area contributed by atoms with Crippen LogP contribution in [0.5, 0.6) is 0 Å². The minimum Gasteiger partial charge on any atom is -0.341 e. The fraction of sp³-hybridized carbons (Fsp3) is 0.316. The molecule has 0 saturated carbocycles. The Hall–Kier alpha value is -2.13. The summed E-state index contributed by atoms with van der Waals surface area (Å²) in [6, 6.07) is 19.9. The molecule has 2 atom stereocenters. The topological polar surface area (TPSA) is 46.3 Å². The number of amides is 1. The summed E-state index contributed by atoms with van der Waals surface area (Å²) in [4.78, 5) is 14.4. The lowest BCUT2D eigenvalue weighted by Gasteiger charge is -2.21. The second-order valence-electron chi connectivity index (χ2n) is 5.98. The summed E-state index contributed by atoms with van der Waals surface area (Å²) in [5, 5.41) is 0. The smallest absolute Gasteiger partial charge is 0.239 e. The van der Waals surface area contributed by atoms with Gasteiger partial charge >= 0.3 is 0 Å². The van der Waals surface area contributed by atoms with Gasteiger partial charge in [0.25, 0.3) is 0 Å². The molecule has 1 aliphatic heterocycles. The molecule has 1 aliphatic rings. The molecule has 0 radical (unpaired) electrons. The maximum atomic E-state index is 12.5. The number of carbonyl (C=O) groups is 1. The van der Waals surface area contributed by atoms with Crippen molar-refractivity contribution in [3.8, 4) is 0 Å². The van der Waals surface area contributed by atoms with Crippen molar-refractivity contribution >= 4 is 5.91 Å². The van der Waals surface area contributed by atoms with E-state index in [0.29, 0.717) is 12.3 Å². The predicted molar refractivity (Wildman–Crippen MR) is 88.5 cm³/mol. The van der Waals surface area contributed by atoms with Crippen molar-refractivity contribution in [2.75, 3.05) is 13.1 Å². The minimum absolute atomic E-state index is 0.0716. The van der Waals surface area contributed by atoms with Crippen molar-refractivity contribution in [2.24, 2.45) is 5.73 Å². The van der Waals surface area contributed by atoms with Crippen molar-refractivity contribution in [3.63, 3.8) is 0 Å². The van der Waals surface area contributed by atoms with Gasteiger partial charge in [0, 0.05) is 19.0 Å². The molecule has 0 spiro atoms. The van der Waals surface area contributed by atoms with Crippen LogP contribution in [-0.2, 0) is 11.2 Å². The summed E-state index contributed by atoms with van der Waals surface area (Å²) < 4.78 is 0. The molecule has 0 bridgehead atoms. The van der Waals surface area contributed by atoms with Gasteiger partial charge in [0.2, 0.25) is 5.91 Å². The number of hydrogen-bond donors (Lipinski definition) is 1. The molecule has 0 aliphatic carbocycles. The Morgan fingerprint density at radius 2 is 1.73 bits per heavy atom. The molecule has 22 heavy (non-hydrogen) atoms. The molecule has 1 amide bonds. The molecule has 3 rings (SSSR count). The Balaban J connectivity index is 1.59. The molecule has 114 valence electrons. The molecule has 2 N–H and O–H groups in total. The third-order valence-corrected chi connectivity index (χ3v) is 4.39. The number of nitrogens with zero attached hydrogens (tertiary/aromatic N) is 1. The summed E-state index contributed by atoms with van der Waals surface area (Å²) in [6.45, 7) is 1.59. The van der Waals surface area contributed by atoms with Gasteiger partial charge in [-0.25, -0.2) is 0 Å². The zero-order chi connectivity index (χ0) is 15.4. The van der Waals surface area contributed by atoms with Crippen LogP contribution in [0.3, 0.4) is 0 Å². The van der Waals surface area contributed by atoms with E-state index >= 15 is 0 Å². The Labute approximate surface area is 131 Å². The van der Waals surface area contributed by atoms with E-state index in [0.717, 1.165) is 25.1 Å². The molecule has 2 aromatic carbocycles. The van der Waals surface area contributed by atoms with E-state index in [1.807, 2.05) is 41.3 Å². The first-order chi connectivity index (χ1) is 10.7. The maximum Gasteiger partial charge on any atom is 0.239 e. The van der Waals surface area contributed by atoms with E-state index in [4.69, 9.17) is 5.73 Å². The van der Waals surface area contributed by atoms with Crippen LogP contribution in [0.4, 0.5) is 0 Å². The van der Waals surface area contributed by atoms with E-state index in [-0.39, 0.29) is 5.91 Å². The van der Waals surface area contributed by atoms with Crippen molar-refractivity contribution in [3.05, 3.63) is 71.8 Å². The number of hydrogen-bond acceptors (Lipinski definition) is 2. The highest BCUT2D eigenvalue weighted by molar-refractivity contribution is 5.82. The molecule has 0 aromatic heterocycles. The molecular formula is C19H22N2O. The third-order valence-electron chi connectivity index (χ3n) is 4.39. The van der Waals surface area contributed by atoms with E-state index < -0.39 is 6.04 Å². The van der Waals surface area contributed by atoms with Crippen LogP contribution in [0.1, 0.15) is 23.5 Å². The van der Waals surface area contributed by atoms with Crippen LogP contribution in [0.2, 0.25) is 0 Å². The maximum absolute atomic E-state index is 12.5. The van der Waals surface area contributed by atoms with Gasteiger partial charge in [0.1, 0.15) is 0 Å². The van der Waals surface area contributed by atoms with E-state index in [1.54, 1.807) is 0 Å². The Bertz CT molecular complexity index is 612. The van der Waals surface area contributed by atoms with Gasteiger partial charge in [0.05, 0.1) is 6.04 Å².